The Bertz CT molecular complexity index is 1200. The summed E-state index contributed by atoms with van der Waals surface area (Å²) in [6.45, 7) is 0.312. The molecule has 1 fully saturated rings. The maximum atomic E-state index is 13.9. The Morgan fingerprint density at radius 1 is 0.919 bits per heavy atom. The average molecular weight is 602 g/mol. The van der Waals surface area contributed by atoms with Crippen molar-refractivity contribution < 1.29 is 9.59 Å². The van der Waals surface area contributed by atoms with Gasteiger partial charge in [0.2, 0.25) is 11.8 Å². The third kappa shape index (κ3) is 8.07. The van der Waals surface area contributed by atoms with Crippen LogP contribution < -0.4 is 5.32 Å². The molecule has 37 heavy (non-hydrogen) atoms. The molecule has 1 saturated carbocycles. The van der Waals surface area contributed by atoms with E-state index in [4.69, 9.17) is 23.2 Å². The van der Waals surface area contributed by atoms with Gasteiger partial charge in [-0.15, -0.1) is 0 Å². The standard InChI is InChI=1S/C30H31BrCl2N2O2/c31-24-14-11-22(12-15-24)20-35(29(36)18-23-13-16-25(32)19-27(23)33)28(17-21-7-3-1-4-8-21)30(37)34-26-9-5-2-6-10-26/h1,3-4,7-8,11-16,19,26,28H,2,5-6,9-10,17-18,20H2,(H,34,37). The van der Waals surface area contributed by atoms with Gasteiger partial charge in [0.1, 0.15) is 6.04 Å². The maximum absolute atomic E-state index is 13.9. The Labute approximate surface area is 237 Å². The van der Waals surface area contributed by atoms with Gasteiger partial charge >= 0.3 is 0 Å². The molecule has 0 saturated heterocycles. The molecule has 0 aromatic heterocycles. The van der Waals surface area contributed by atoms with Crippen LogP contribution in [0.1, 0.15) is 48.8 Å². The van der Waals surface area contributed by atoms with Crippen molar-refractivity contribution >= 4 is 50.9 Å². The van der Waals surface area contributed by atoms with Crippen LogP contribution in [0.4, 0.5) is 0 Å². The topological polar surface area (TPSA) is 49.4 Å². The van der Waals surface area contributed by atoms with E-state index in [9.17, 15) is 9.59 Å². The zero-order chi connectivity index (χ0) is 26.2. The highest BCUT2D eigenvalue weighted by atomic mass is 79.9. The Morgan fingerprint density at radius 2 is 1.62 bits per heavy atom. The van der Waals surface area contributed by atoms with Crippen LogP contribution in [0.5, 0.6) is 0 Å². The van der Waals surface area contributed by atoms with E-state index in [-0.39, 0.29) is 24.3 Å². The molecule has 1 atom stereocenters. The maximum Gasteiger partial charge on any atom is 0.243 e. The molecule has 194 valence electrons. The van der Waals surface area contributed by atoms with Gasteiger partial charge in [0.05, 0.1) is 6.42 Å². The smallest absolute Gasteiger partial charge is 0.243 e. The fourth-order valence-electron chi connectivity index (χ4n) is 4.81. The number of amides is 2. The molecule has 0 radical (unpaired) electrons. The summed E-state index contributed by atoms with van der Waals surface area (Å²) in [5, 5.41) is 4.22. The summed E-state index contributed by atoms with van der Waals surface area (Å²) < 4.78 is 0.956. The van der Waals surface area contributed by atoms with Crippen LogP contribution in [-0.2, 0) is 29.0 Å². The van der Waals surface area contributed by atoms with Crippen molar-refractivity contribution in [3.05, 3.63) is 104 Å². The van der Waals surface area contributed by atoms with Gasteiger partial charge in [-0.3, -0.25) is 9.59 Å². The number of carbonyl (C=O) groups is 2. The number of hydrogen-bond donors (Lipinski definition) is 1. The molecule has 4 rings (SSSR count). The van der Waals surface area contributed by atoms with Crippen LogP contribution in [0, 0.1) is 0 Å². The summed E-state index contributed by atoms with van der Waals surface area (Å²) in [7, 11) is 0. The average Bonchev–Trinajstić information content (AvgIpc) is 2.90. The minimum absolute atomic E-state index is 0.0779. The van der Waals surface area contributed by atoms with Crippen molar-refractivity contribution in [2.45, 2.75) is 63.6 Å². The second-order valence-electron chi connectivity index (χ2n) is 9.61. The molecular formula is C30H31BrCl2N2O2. The van der Waals surface area contributed by atoms with E-state index in [1.165, 1.54) is 6.42 Å². The predicted molar refractivity (Wildman–Crippen MR) is 154 cm³/mol. The molecule has 3 aromatic rings. The minimum Gasteiger partial charge on any atom is -0.352 e. The predicted octanol–water partition coefficient (Wildman–Crippen LogP) is 7.39. The SMILES string of the molecule is O=C(NC1CCCCC1)C(Cc1ccccc1)N(Cc1ccc(Br)cc1)C(=O)Cc1ccc(Cl)cc1Cl. The lowest BCUT2D eigenvalue weighted by Gasteiger charge is -2.33. The largest absolute Gasteiger partial charge is 0.352 e. The van der Waals surface area contributed by atoms with Gasteiger partial charge in [-0.05, 0) is 53.8 Å². The van der Waals surface area contributed by atoms with E-state index in [1.54, 1.807) is 23.1 Å². The lowest BCUT2D eigenvalue weighted by Crippen LogP contribution is -2.53. The summed E-state index contributed by atoms with van der Waals surface area (Å²) in [6, 6.07) is 22.3. The summed E-state index contributed by atoms with van der Waals surface area (Å²) >= 11 is 16.0. The highest BCUT2D eigenvalue weighted by Crippen LogP contribution is 2.24. The van der Waals surface area contributed by atoms with E-state index >= 15 is 0 Å². The summed E-state index contributed by atoms with van der Waals surface area (Å²) in [5.74, 6) is -0.268. The minimum atomic E-state index is -0.661. The zero-order valence-electron chi connectivity index (χ0n) is 20.6. The third-order valence-corrected chi connectivity index (χ3v) is 7.96. The van der Waals surface area contributed by atoms with Crippen molar-refractivity contribution in [2.24, 2.45) is 0 Å². The number of hydrogen-bond acceptors (Lipinski definition) is 2. The number of halogens is 3. The van der Waals surface area contributed by atoms with E-state index in [0.717, 1.165) is 41.3 Å². The first-order valence-corrected chi connectivity index (χ1v) is 14.3. The Morgan fingerprint density at radius 3 is 2.30 bits per heavy atom. The van der Waals surface area contributed by atoms with Gasteiger partial charge < -0.3 is 10.2 Å². The number of nitrogens with zero attached hydrogens (tertiary/aromatic N) is 1. The van der Waals surface area contributed by atoms with E-state index in [0.29, 0.717) is 28.6 Å². The molecule has 3 aromatic carbocycles. The molecule has 0 bridgehead atoms. The molecule has 1 unspecified atom stereocenters. The molecule has 7 heteroatoms. The van der Waals surface area contributed by atoms with Gasteiger partial charge in [0.25, 0.3) is 0 Å². The molecule has 0 heterocycles. The van der Waals surface area contributed by atoms with E-state index in [1.807, 2.05) is 54.6 Å². The Kier molecular flexibility index (Phi) is 10.1. The molecular weight excluding hydrogens is 571 g/mol. The highest BCUT2D eigenvalue weighted by Gasteiger charge is 2.32. The highest BCUT2D eigenvalue weighted by molar-refractivity contribution is 9.10. The van der Waals surface area contributed by atoms with Crippen LogP contribution in [0.2, 0.25) is 10.0 Å². The van der Waals surface area contributed by atoms with Crippen molar-refractivity contribution in [3.63, 3.8) is 0 Å². The van der Waals surface area contributed by atoms with Gasteiger partial charge in [-0.25, -0.2) is 0 Å². The summed E-state index contributed by atoms with van der Waals surface area (Å²) in [6.07, 6.45) is 5.89. The number of carbonyl (C=O) groups excluding carboxylic acids is 2. The van der Waals surface area contributed by atoms with Gasteiger partial charge in [-0.2, -0.15) is 0 Å². The molecule has 1 aliphatic rings. The first kappa shape index (κ1) is 27.7. The molecule has 0 spiro atoms. The summed E-state index contributed by atoms with van der Waals surface area (Å²) in [5.41, 5.74) is 2.63. The van der Waals surface area contributed by atoms with Crippen LogP contribution >= 0.6 is 39.1 Å². The lowest BCUT2D eigenvalue weighted by molar-refractivity contribution is -0.141. The van der Waals surface area contributed by atoms with E-state index < -0.39 is 6.04 Å². The number of rotatable bonds is 9. The van der Waals surface area contributed by atoms with Gasteiger partial charge in [-0.1, -0.05) is 107 Å². The number of nitrogens with one attached hydrogen (secondary N) is 1. The van der Waals surface area contributed by atoms with Gasteiger partial charge in [0, 0.05) is 33.5 Å². The van der Waals surface area contributed by atoms with Crippen molar-refractivity contribution in [1.29, 1.82) is 0 Å². The Hall–Kier alpha value is -2.34. The second-order valence-corrected chi connectivity index (χ2v) is 11.4. The Balaban J connectivity index is 1.66. The first-order chi connectivity index (χ1) is 17.9. The van der Waals surface area contributed by atoms with Crippen LogP contribution in [-0.4, -0.2) is 28.8 Å². The van der Waals surface area contributed by atoms with Crippen LogP contribution in [0.25, 0.3) is 0 Å². The quantitative estimate of drug-likeness (QED) is 0.278. The molecule has 2 amide bonds. The van der Waals surface area contributed by atoms with Crippen LogP contribution in [0.3, 0.4) is 0 Å². The molecule has 1 aliphatic carbocycles. The van der Waals surface area contributed by atoms with Gasteiger partial charge in [0.15, 0.2) is 0 Å². The fourth-order valence-corrected chi connectivity index (χ4v) is 5.55. The molecule has 4 nitrogen and oxygen atoms in total. The van der Waals surface area contributed by atoms with E-state index in [2.05, 4.69) is 21.2 Å². The fraction of sp³-hybridized carbons (Fsp3) is 0.333. The van der Waals surface area contributed by atoms with Crippen molar-refractivity contribution in [3.8, 4) is 0 Å². The van der Waals surface area contributed by atoms with Crippen molar-refractivity contribution in [2.75, 3.05) is 0 Å². The first-order valence-electron chi connectivity index (χ1n) is 12.7. The normalized spacial score (nSPS) is 14.7. The number of benzene rings is 3. The molecule has 0 aliphatic heterocycles. The monoisotopic (exact) mass is 600 g/mol. The molecule has 1 N–H and O–H groups in total. The third-order valence-electron chi connectivity index (χ3n) is 6.85. The second kappa shape index (κ2) is 13.5. The zero-order valence-corrected chi connectivity index (χ0v) is 23.7. The summed E-state index contributed by atoms with van der Waals surface area (Å²) in [4.78, 5) is 29.4. The van der Waals surface area contributed by atoms with Crippen LogP contribution in [0.15, 0.2) is 77.3 Å². The lowest BCUT2D eigenvalue weighted by atomic mass is 9.94. The van der Waals surface area contributed by atoms with Crippen molar-refractivity contribution in [1.82, 2.24) is 10.2 Å².